The summed E-state index contributed by atoms with van der Waals surface area (Å²) in [4.78, 5) is 0. The van der Waals surface area contributed by atoms with E-state index in [4.69, 9.17) is 11.6 Å². The maximum Gasteiger partial charge on any atom is 0.123 e. The summed E-state index contributed by atoms with van der Waals surface area (Å²) in [5.74, 6) is -0.206. The zero-order valence-electron chi connectivity index (χ0n) is 11.7. The highest BCUT2D eigenvalue weighted by Gasteiger charge is 2.15. The van der Waals surface area contributed by atoms with Crippen molar-refractivity contribution in [1.82, 2.24) is 5.32 Å². The predicted octanol–water partition coefficient (Wildman–Crippen LogP) is 5.28. The fourth-order valence-corrected chi connectivity index (χ4v) is 2.66. The maximum absolute atomic E-state index is 13.0. The Morgan fingerprint density at radius 1 is 1.10 bits per heavy atom. The van der Waals surface area contributed by atoms with Crippen LogP contribution >= 0.6 is 11.6 Å². The van der Waals surface area contributed by atoms with Gasteiger partial charge in [-0.25, -0.2) is 4.39 Å². The summed E-state index contributed by atoms with van der Waals surface area (Å²) in [6, 6.07) is 14.8. The molecule has 0 heterocycles. The Hall–Kier alpha value is -1.38. The van der Waals surface area contributed by atoms with Crippen LogP contribution in [0.1, 0.15) is 43.5 Å². The molecule has 0 spiro atoms. The van der Waals surface area contributed by atoms with Crippen LogP contribution < -0.4 is 5.32 Å². The highest BCUT2D eigenvalue weighted by molar-refractivity contribution is 6.31. The Morgan fingerprint density at radius 2 is 1.75 bits per heavy atom. The number of nitrogens with one attached hydrogen (secondary N) is 1. The molecule has 0 fully saturated rings. The Morgan fingerprint density at radius 3 is 2.35 bits per heavy atom. The van der Waals surface area contributed by atoms with Gasteiger partial charge in [-0.1, -0.05) is 48.9 Å². The summed E-state index contributed by atoms with van der Waals surface area (Å²) in [6.45, 7) is 4.20. The molecule has 0 bridgehead atoms. The smallest absolute Gasteiger partial charge is 0.123 e. The van der Waals surface area contributed by atoms with Crippen molar-refractivity contribution in [3.8, 4) is 0 Å². The zero-order valence-corrected chi connectivity index (χ0v) is 12.5. The standard InChI is InChI=1S/C17H19ClFN/c1-3-17(13-8-10-14(19)11-9-13)20-12(2)15-6-4-5-7-16(15)18/h4-12,17,20H,3H2,1-2H3/t12-,17?/m1/s1. The van der Waals surface area contributed by atoms with Crippen LogP contribution in [0, 0.1) is 5.82 Å². The van der Waals surface area contributed by atoms with Crippen molar-refractivity contribution >= 4 is 11.6 Å². The minimum absolute atomic E-state index is 0.138. The second-order valence-electron chi connectivity index (χ2n) is 4.92. The Balaban J connectivity index is 2.14. The SMILES string of the molecule is CCC(N[C@H](C)c1ccccc1Cl)c1ccc(F)cc1. The average Bonchev–Trinajstić information content (AvgIpc) is 2.46. The second kappa shape index (κ2) is 6.87. The molecule has 0 aliphatic heterocycles. The molecular weight excluding hydrogens is 273 g/mol. The summed E-state index contributed by atoms with van der Waals surface area (Å²) >= 11 is 6.22. The van der Waals surface area contributed by atoms with Crippen molar-refractivity contribution < 1.29 is 4.39 Å². The van der Waals surface area contributed by atoms with Gasteiger partial charge in [0.1, 0.15) is 5.82 Å². The lowest BCUT2D eigenvalue weighted by Gasteiger charge is -2.23. The highest BCUT2D eigenvalue weighted by atomic mass is 35.5. The number of rotatable bonds is 5. The molecule has 20 heavy (non-hydrogen) atoms. The third-order valence-corrected chi connectivity index (χ3v) is 3.85. The molecule has 2 atom stereocenters. The van der Waals surface area contributed by atoms with Crippen molar-refractivity contribution in [1.29, 1.82) is 0 Å². The van der Waals surface area contributed by atoms with Gasteiger partial charge >= 0.3 is 0 Å². The molecule has 0 aliphatic carbocycles. The molecule has 0 aromatic heterocycles. The van der Waals surface area contributed by atoms with Gasteiger partial charge in [-0.3, -0.25) is 0 Å². The molecule has 1 unspecified atom stereocenters. The van der Waals surface area contributed by atoms with Crippen molar-refractivity contribution in [2.75, 3.05) is 0 Å². The van der Waals surface area contributed by atoms with Crippen LogP contribution in [0.25, 0.3) is 0 Å². The van der Waals surface area contributed by atoms with Gasteiger partial charge < -0.3 is 5.32 Å². The van der Waals surface area contributed by atoms with Crippen LogP contribution in [0.2, 0.25) is 5.02 Å². The number of benzene rings is 2. The van der Waals surface area contributed by atoms with E-state index < -0.39 is 0 Å². The maximum atomic E-state index is 13.0. The van der Waals surface area contributed by atoms with E-state index in [0.717, 1.165) is 22.6 Å². The second-order valence-corrected chi connectivity index (χ2v) is 5.33. The van der Waals surface area contributed by atoms with E-state index in [-0.39, 0.29) is 17.9 Å². The molecule has 3 heteroatoms. The summed E-state index contributed by atoms with van der Waals surface area (Å²) in [6.07, 6.45) is 0.931. The van der Waals surface area contributed by atoms with Gasteiger partial charge in [0.2, 0.25) is 0 Å². The normalized spacial score (nSPS) is 14.0. The number of hydrogen-bond acceptors (Lipinski definition) is 1. The van der Waals surface area contributed by atoms with E-state index in [1.807, 2.05) is 36.4 Å². The summed E-state index contributed by atoms with van der Waals surface area (Å²) < 4.78 is 13.0. The van der Waals surface area contributed by atoms with Gasteiger partial charge in [0.05, 0.1) is 0 Å². The quantitative estimate of drug-likeness (QED) is 0.790. The first-order valence-electron chi connectivity index (χ1n) is 6.87. The summed E-state index contributed by atoms with van der Waals surface area (Å²) in [5.41, 5.74) is 2.17. The fraction of sp³-hybridized carbons (Fsp3) is 0.294. The Bertz CT molecular complexity index is 553. The topological polar surface area (TPSA) is 12.0 Å². The first-order chi connectivity index (χ1) is 9.61. The monoisotopic (exact) mass is 291 g/mol. The Labute approximate surface area is 124 Å². The van der Waals surface area contributed by atoms with Gasteiger partial charge in [0.15, 0.2) is 0 Å². The largest absolute Gasteiger partial charge is 0.303 e. The minimum atomic E-state index is -0.206. The van der Waals surface area contributed by atoms with E-state index in [2.05, 4.69) is 19.2 Å². The van der Waals surface area contributed by atoms with Crippen LogP contribution in [0.4, 0.5) is 4.39 Å². The fourth-order valence-electron chi connectivity index (χ4n) is 2.36. The third-order valence-electron chi connectivity index (χ3n) is 3.50. The lowest BCUT2D eigenvalue weighted by molar-refractivity contribution is 0.456. The van der Waals surface area contributed by atoms with E-state index >= 15 is 0 Å². The minimum Gasteiger partial charge on any atom is -0.303 e. The molecule has 2 rings (SSSR count). The van der Waals surface area contributed by atoms with Crippen molar-refractivity contribution in [2.24, 2.45) is 0 Å². The molecule has 0 saturated heterocycles. The molecule has 1 nitrogen and oxygen atoms in total. The molecule has 0 radical (unpaired) electrons. The molecule has 106 valence electrons. The van der Waals surface area contributed by atoms with Gasteiger partial charge in [0.25, 0.3) is 0 Å². The molecule has 1 N–H and O–H groups in total. The van der Waals surface area contributed by atoms with Crippen LogP contribution in [-0.4, -0.2) is 0 Å². The molecular formula is C17H19ClFN. The van der Waals surface area contributed by atoms with Gasteiger partial charge in [0, 0.05) is 17.1 Å². The first kappa shape index (κ1) is 15.0. The van der Waals surface area contributed by atoms with Crippen LogP contribution in [-0.2, 0) is 0 Å². The summed E-state index contributed by atoms with van der Waals surface area (Å²) in [7, 11) is 0. The van der Waals surface area contributed by atoms with E-state index in [0.29, 0.717) is 0 Å². The Kier molecular flexibility index (Phi) is 5.16. The van der Waals surface area contributed by atoms with E-state index in [9.17, 15) is 4.39 Å². The lowest BCUT2D eigenvalue weighted by atomic mass is 10.0. The lowest BCUT2D eigenvalue weighted by Crippen LogP contribution is -2.24. The number of hydrogen-bond donors (Lipinski definition) is 1. The van der Waals surface area contributed by atoms with Gasteiger partial charge in [-0.15, -0.1) is 0 Å². The van der Waals surface area contributed by atoms with Crippen LogP contribution in [0.5, 0.6) is 0 Å². The van der Waals surface area contributed by atoms with Crippen molar-refractivity contribution in [2.45, 2.75) is 32.4 Å². The average molecular weight is 292 g/mol. The molecule has 0 amide bonds. The number of halogens is 2. The third kappa shape index (κ3) is 3.59. The highest BCUT2D eigenvalue weighted by Crippen LogP contribution is 2.26. The van der Waals surface area contributed by atoms with E-state index in [1.54, 1.807) is 0 Å². The zero-order chi connectivity index (χ0) is 14.5. The van der Waals surface area contributed by atoms with Gasteiger partial charge in [-0.05, 0) is 42.7 Å². The molecule has 0 aliphatic rings. The van der Waals surface area contributed by atoms with Crippen LogP contribution in [0.3, 0.4) is 0 Å². The van der Waals surface area contributed by atoms with Crippen molar-refractivity contribution in [3.63, 3.8) is 0 Å². The van der Waals surface area contributed by atoms with Gasteiger partial charge in [-0.2, -0.15) is 0 Å². The molecule has 0 saturated carbocycles. The van der Waals surface area contributed by atoms with Crippen molar-refractivity contribution in [3.05, 3.63) is 70.5 Å². The predicted molar refractivity (Wildman–Crippen MR) is 82.4 cm³/mol. The molecule has 2 aromatic carbocycles. The van der Waals surface area contributed by atoms with E-state index in [1.165, 1.54) is 12.1 Å². The first-order valence-corrected chi connectivity index (χ1v) is 7.25. The molecule has 2 aromatic rings. The van der Waals surface area contributed by atoms with Crippen LogP contribution in [0.15, 0.2) is 48.5 Å². The summed E-state index contributed by atoms with van der Waals surface area (Å²) in [5, 5.41) is 4.32.